The number of nitrogens with one attached hydrogen (secondary N) is 1. The lowest BCUT2D eigenvalue weighted by atomic mass is 9.94. The second kappa shape index (κ2) is 6.90. The van der Waals surface area contributed by atoms with Crippen LogP contribution in [-0.2, 0) is 6.42 Å². The molecule has 3 aromatic rings. The fourth-order valence-corrected chi connectivity index (χ4v) is 3.79. The van der Waals surface area contributed by atoms with Crippen LogP contribution in [0.3, 0.4) is 0 Å². The summed E-state index contributed by atoms with van der Waals surface area (Å²) in [5, 5.41) is 4.46. The molecule has 4 heterocycles. The highest BCUT2D eigenvalue weighted by atomic mass is 16.1. The van der Waals surface area contributed by atoms with Crippen molar-refractivity contribution in [3.8, 4) is 0 Å². The van der Waals surface area contributed by atoms with E-state index in [0.717, 1.165) is 61.6 Å². The van der Waals surface area contributed by atoms with Crippen molar-refractivity contribution in [1.29, 1.82) is 0 Å². The van der Waals surface area contributed by atoms with Crippen LogP contribution in [0, 0.1) is 6.92 Å². The Bertz CT molecular complexity index is 976. The Morgan fingerprint density at radius 1 is 1.31 bits per heavy atom. The minimum absolute atomic E-state index is 0.0757. The summed E-state index contributed by atoms with van der Waals surface area (Å²) in [5.74, 6) is 2.00. The van der Waals surface area contributed by atoms with Crippen LogP contribution in [0.25, 0.3) is 5.65 Å². The minimum Gasteiger partial charge on any atom is -0.356 e. The van der Waals surface area contributed by atoms with Gasteiger partial charge in [-0.25, -0.2) is 9.97 Å². The van der Waals surface area contributed by atoms with Gasteiger partial charge in [0.05, 0.1) is 11.9 Å². The molecule has 0 saturated carbocycles. The van der Waals surface area contributed by atoms with Crippen molar-refractivity contribution in [2.75, 3.05) is 18.0 Å². The number of aromatic nitrogens is 5. The molecule has 0 spiro atoms. The highest BCUT2D eigenvalue weighted by Crippen LogP contribution is 2.29. The van der Waals surface area contributed by atoms with Crippen LogP contribution in [0.1, 0.15) is 49.3 Å². The van der Waals surface area contributed by atoms with Crippen molar-refractivity contribution < 1.29 is 0 Å². The van der Waals surface area contributed by atoms with Crippen LogP contribution in [0.15, 0.2) is 29.2 Å². The number of aromatic amines is 1. The number of H-pyrrole nitrogens is 1. The average Bonchev–Trinajstić information content (AvgIpc) is 3.09. The molecule has 26 heavy (non-hydrogen) atoms. The van der Waals surface area contributed by atoms with E-state index in [4.69, 9.17) is 4.98 Å². The first-order valence-electron chi connectivity index (χ1n) is 9.30. The molecule has 1 aliphatic heterocycles. The van der Waals surface area contributed by atoms with E-state index in [2.05, 4.69) is 33.0 Å². The Kier molecular flexibility index (Phi) is 4.44. The molecule has 3 aromatic heterocycles. The Balaban J connectivity index is 1.68. The highest BCUT2D eigenvalue weighted by molar-refractivity contribution is 5.51. The van der Waals surface area contributed by atoms with E-state index in [1.165, 1.54) is 0 Å². The molecule has 0 amide bonds. The molecule has 0 aromatic carbocycles. The predicted octanol–water partition coefficient (Wildman–Crippen LogP) is 2.46. The molecule has 1 fully saturated rings. The Morgan fingerprint density at radius 2 is 2.19 bits per heavy atom. The smallest absolute Gasteiger partial charge is 0.251 e. The monoisotopic (exact) mass is 352 g/mol. The molecule has 1 saturated heterocycles. The molecular formula is C19H24N6O. The summed E-state index contributed by atoms with van der Waals surface area (Å²) in [5.41, 5.74) is 2.80. The number of hydrogen-bond donors (Lipinski definition) is 1. The van der Waals surface area contributed by atoms with Crippen LogP contribution < -0.4 is 10.5 Å². The van der Waals surface area contributed by atoms with Crippen molar-refractivity contribution >= 4 is 11.5 Å². The zero-order valence-electron chi connectivity index (χ0n) is 15.3. The summed E-state index contributed by atoms with van der Waals surface area (Å²) in [6.07, 6.45) is 5.93. The lowest BCUT2D eigenvalue weighted by Crippen LogP contribution is -2.36. The van der Waals surface area contributed by atoms with Gasteiger partial charge in [0.2, 0.25) is 0 Å². The normalized spacial score (nSPS) is 17.8. The first-order chi connectivity index (χ1) is 12.6. The molecule has 4 rings (SSSR count). The molecular weight excluding hydrogens is 328 g/mol. The van der Waals surface area contributed by atoms with E-state index in [-0.39, 0.29) is 11.5 Å². The van der Waals surface area contributed by atoms with Crippen LogP contribution >= 0.6 is 0 Å². The quantitative estimate of drug-likeness (QED) is 0.780. The molecule has 0 unspecified atom stereocenters. The van der Waals surface area contributed by atoms with Gasteiger partial charge in [-0.3, -0.25) is 4.79 Å². The van der Waals surface area contributed by atoms with Gasteiger partial charge in [-0.15, -0.1) is 0 Å². The lowest BCUT2D eigenvalue weighted by molar-refractivity contribution is 0.493. The van der Waals surface area contributed by atoms with E-state index in [0.29, 0.717) is 5.82 Å². The maximum atomic E-state index is 11.8. The number of hydrogen-bond acceptors (Lipinski definition) is 5. The molecule has 7 heteroatoms. The van der Waals surface area contributed by atoms with E-state index in [9.17, 15) is 4.79 Å². The van der Waals surface area contributed by atoms with Crippen LogP contribution in [0.4, 0.5) is 5.82 Å². The van der Waals surface area contributed by atoms with Crippen molar-refractivity contribution in [3.63, 3.8) is 0 Å². The summed E-state index contributed by atoms with van der Waals surface area (Å²) in [4.78, 5) is 26.2. The molecule has 136 valence electrons. The first kappa shape index (κ1) is 16.8. The number of rotatable bonds is 4. The summed E-state index contributed by atoms with van der Waals surface area (Å²) in [6, 6.07) is 5.74. The second-order valence-corrected chi connectivity index (χ2v) is 7.00. The number of nitrogens with zero attached hydrogens (tertiary/aromatic N) is 5. The Labute approximate surface area is 152 Å². The first-order valence-corrected chi connectivity index (χ1v) is 9.30. The number of fused-ring (bicyclic) bond motifs is 1. The highest BCUT2D eigenvalue weighted by Gasteiger charge is 2.25. The fraction of sp³-hybridized carbons (Fsp3) is 0.474. The molecule has 1 atom stereocenters. The molecule has 0 aliphatic carbocycles. The summed E-state index contributed by atoms with van der Waals surface area (Å²) < 4.78 is 1.91. The zero-order valence-corrected chi connectivity index (χ0v) is 15.3. The van der Waals surface area contributed by atoms with E-state index >= 15 is 0 Å². The van der Waals surface area contributed by atoms with Gasteiger partial charge < -0.3 is 9.88 Å². The third-order valence-electron chi connectivity index (χ3n) is 4.94. The van der Waals surface area contributed by atoms with Gasteiger partial charge >= 0.3 is 0 Å². The Morgan fingerprint density at radius 3 is 3.00 bits per heavy atom. The summed E-state index contributed by atoms with van der Waals surface area (Å²) in [6.45, 7) is 5.81. The number of anilines is 1. The maximum Gasteiger partial charge on any atom is 0.251 e. The topological polar surface area (TPSA) is 79.2 Å². The maximum absolute atomic E-state index is 11.8. The Hall–Kier alpha value is -2.70. The number of piperidine rings is 1. The van der Waals surface area contributed by atoms with Crippen LogP contribution in [-0.4, -0.2) is 37.7 Å². The largest absolute Gasteiger partial charge is 0.356 e. The molecule has 1 aliphatic rings. The molecule has 7 nitrogen and oxygen atoms in total. The molecule has 0 radical (unpaired) electrons. The average molecular weight is 352 g/mol. The predicted molar refractivity (Wildman–Crippen MR) is 101 cm³/mol. The van der Waals surface area contributed by atoms with Gasteiger partial charge in [0.25, 0.3) is 5.56 Å². The summed E-state index contributed by atoms with van der Waals surface area (Å²) in [7, 11) is 0. The van der Waals surface area contributed by atoms with Gasteiger partial charge in [0.1, 0.15) is 11.6 Å². The van der Waals surface area contributed by atoms with E-state index in [1.807, 2.05) is 17.5 Å². The SMILES string of the molecule is CCCc1cc(N2CCC[C@H](c3cc(=O)[nH]c(C)n3)C2)n2nccc2n1. The van der Waals surface area contributed by atoms with Gasteiger partial charge in [-0.05, 0) is 26.2 Å². The fourth-order valence-electron chi connectivity index (χ4n) is 3.79. The van der Waals surface area contributed by atoms with Crippen molar-refractivity contribution in [2.45, 2.75) is 45.4 Å². The lowest BCUT2D eigenvalue weighted by Gasteiger charge is -2.34. The van der Waals surface area contributed by atoms with E-state index < -0.39 is 0 Å². The zero-order chi connectivity index (χ0) is 18.1. The number of aryl methyl sites for hydroxylation is 2. The third-order valence-corrected chi connectivity index (χ3v) is 4.94. The van der Waals surface area contributed by atoms with Crippen LogP contribution in [0.5, 0.6) is 0 Å². The van der Waals surface area contributed by atoms with E-state index in [1.54, 1.807) is 12.3 Å². The van der Waals surface area contributed by atoms with Crippen LogP contribution in [0.2, 0.25) is 0 Å². The second-order valence-electron chi connectivity index (χ2n) is 7.00. The van der Waals surface area contributed by atoms with Gasteiger partial charge in [-0.2, -0.15) is 9.61 Å². The van der Waals surface area contributed by atoms with Crippen molar-refractivity contribution in [2.24, 2.45) is 0 Å². The van der Waals surface area contributed by atoms with Gasteiger partial charge in [0, 0.05) is 42.9 Å². The molecule has 0 bridgehead atoms. The van der Waals surface area contributed by atoms with Crippen molar-refractivity contribution in [1.82, 2.24) is 24.6 Å². The minimum atomic E-state index is -0.0757. The van der Waals surface area contributed by atoms with Gasteiger partial charge in [-0.1, -0.05) is 13.3 Å². The standard InChI is InChI=1S/C19H24N6O/c1-3-5-15-10-19(25-17(23-15)7-8-20-25)24-9-4-6-14(12-24)16-11-18(26)22-13(2)21-16/h7-8,10-11,14H,3-6,9,12H2,1-2H3,(H,21,22,26)/t14-/m0/s1. The van der Waals surface area contributed by atoms with Crippen molar-refractivity contribution in [3.05, 3.63) is 52.0 Å². The third kappa shape index (κ3) is 3.21. The summed E-state index contributed by atoms with van der Waals surface area (Å²) >= 11 is 0. The molecule has 1 N–H and O–H groups in total. The van der Waals surface area contributed by atoms with Gasteiger partial charge in [0.15, 0.2) is 5.65 Å².